The third kappa shape index (κ3) is 2.12. The summed E-state index contributed by atoms with van der Waals surface area (Å²) in [6.45, 7) is 2.91. The maximum atomic E-state index is 11.5. The summed E-state index contributed by atoms with van der Waals surface area (Å²) in [5, 5.41) is 12.6. The van der Waals surface area contributed by atoms with Crippen LogP contribution in [0.5, 0.6) is 0 Å². The molecule has 0 bridgehead atoms. The Morgan fingerprint density at radius 3 is 2.77 bits per heavy atom. The molecule has 1 heterocycles. The second kappa shape index (κ2) is 2.87. The second-order valence-electron chi connectivity index (χ2n) is 4.39. The Bertz CT molecular complexity index is 224. The lowest BCUT2D eigenvalue weighted by atomic mass is 10.1. The molecule has 1 saturated heterocycles. The van der Waals surface area contributed by atoms with Gasteiger partial charge in [0, 0.05) is 12.6 Å². The van der Waals surface area contributed by atoms with Crippen molar-refractivity contribution in [3.63, 3.8) is 0 Å². The zero-order chi connectivity index (χ0) is 9.47. The number of hydrogen-bond acceptors (Lipinski definition) is 2. The van der Waals surface area contributed by atoms with Crippen LogP contribution in [-0.2, 0) is 0 Å². The fourth-order valence-electron chi connectivity index (χ4n) is 1.61. The van der Waals surface area contributed by atoms with Crippen molar-refractivity contribution in [3.05, 3.63) is 0 Å². The standard InChI is InChI=1S/C9H16N2O2/c1-9(13)4-5-11(6-9)8(12)10-7-2-3-7/h7,13H,2-6H2,1H3,(H,10,12). The molecule has 1 aliphatic heterocycles. The van der Waals surface area contributed by atoms with Crippen LogP contribution < -0.4 is 5.32 Å². The summed E-state index contributed by atoms with van der Waals surface area (Å²) >= 11 is 0. The Morgan fingerprint density at radius 1 is 1.62 bits per heavy atom. The molecule has 13 heavy (non-hydrogen) atoms. The predicted molar refractivity (Wildman–Crippen MR) is 48.4 cm³/mol. The van der Waals surface area contributed by atoms with E-state index in [4.69, 9.17) is 0 Å². The lowest BCUT2D eigenvalue weighted by Gasteiger charge is -2.19. The van der Waals surface area contributed by atoms with E-state index in [0.717, 1.165) is 12.8 Å². The highest BCUT2D eigenvalue weighted by molar-refractivity contribution is 5.75. The van der Waals surface area contributed by atoms with Gasteiger partial charge in [-0.2, -0.15) is 0 Å². The molecular weight excluding hydrogens is 168 g/mol. The van der Waals surface area contributed by atoms with Gasteiger partial charge in [0.25, 0.3) is 0 Å². The van der Waals surface area contributed by atoms with E-state index in [-0.39, 0.29) is 6.03 Å². The van der Waals surface area contributed by atoms with Crippen molar-refractivity contribution in [1.29, 1.82) is 0 Å². The van der Waals surface area contributed by atoms with Gasteiger partial charge in [-0.05, 0) is 26.2 Å². The van der Waals surface area contributed by atoms with Crippen molar-refractivity contribution >= 4 is 6.03 Å². The van der Waals surface area contributed by atoms with Gasteiger partial charge in [-0.3, -0.25) is 0 Å². The van der Waals surface area contributed by atoms with Gasteiger partial charge >= 0.3 is 6.03 Å². The Labute approximate surface area is 77.9 Å². The van der Waals surface area contributed by atoms with E-state index in [2.05, 4.69) is 5.32 Å². The zero-order valence-corrected chi connectivity index (χ0v) is 7.92. The van der Waals surface area contributed by atoms with E-state index in [1.54, 1.807) is 11.8 Å². The second-order valence-corrected chi connectivity index (χ2v) is 4.39. The third-order valence-electron chi connectivity index (χ3n) is 2.64. The number of β-amino-alcohol motifs (C(OH)–C–C–N with tert-alkyl or cyclic N) is 1. The monoisotopic (exact) mass is 184 g/mol. The fourth-order valence-corrected chi connectivity index (χ4v) is 1.61. The highest BCUT2D eigenvalue weighted by Gasteiger charge is 2.35. The quantitative estimate of drug-likeness (QED) is 0.616. The lowest BCUT2D eigenvalue weighted by Crippen LogP contribution is -2.41. The fraction of sp³-hybridized carbons (Fsp3) is 0.889. The number of nitrogens with zero attached hydrogens (tertiary/aromatic N) is 1. The third-order valence-corrected chi connectivity index (χ3v) is 2.64. The normalized spacial score (nSPS) is 33.5. The lowest BCUT2D eigenvalue weighted by molar-refractivity contribution is 0.0719. The first kappa shape index (κ1) is 8.81. The first-order valence-corrected chi connectivity index (χ1v) is 4.85. The summed E-state index contributed by atoms with van der Waals surface area (Å²) in [5.41, 5.74) is -0.680. The molecule has 1 aliphatic carbocycles. The zero-order valence-electron chi connectivity index (χ0n) is 7.92. The summed E-state index contributed by atoms with van der Waals surface area (Å²) < 4.78 is 0. The van der Waals surface area contributed by atoms with Crippen LogP contribution in [0.2, 0.25) is 0 Å². The van der Waals surface area contributed by atoms with Gasteiger partial charge in [0.05, 0.1) is 12.1 Å². The van der Waals surface area contributed by atoms with Crippen molar-refractivity contribution in [2.75, 3.05) is 13.1 Å². The topological polar surface area (TPSA) is 52.6 Å². The van der Waals surface area contributed by atoms with Gasteiger partial charge in [0.1, 0.15) is 0 Å². The molecule has 2 fully saturated rings. The number of hydrogen-bond donors (Lipinski definition) is 2. The number of likely N-dealkylation sites (tertiary alicyclic amines) is 1. The van der Waals surface area contributed by atoms with Crippen LogP contribution in [0.4, 0.5) is 4.79 Å². The van der Waals surface area contributed by atoms with Crippen molar-refractivity contribution in [3.8, 4) is 0 Å². The van der Waals surface area contributed by atoms with E-state index < -0.39 is 5.60 Å². The molecule has 4 heteroatoms. The Kier molecular flexibility index (Phi) is 1.95. The van der Waals surface area contributed by atoms with Gasteiger partial charge in [0.2, 0.25) is 0 Å². The van der Waals surface area contributed by atoms with Crippen molar-refractivity contribution in [2.24, 2.45) is 0 Å². The number of nitrogens with one attached hydrogen (secondary N) is 1. The van der Waals surface area contributed by atoms with E-state index in [0.29, 0.717) is 25.6 Å². The molecule has 2 rings (SSSR count). The largest absolute Gasteiger partial charge is 0.388 e. The molecule has 1 atom stereocenters. The minimum Gasteiger partial charge on any atom is -0.388 e. The Morgan fingerprint density at radius 2 is 2.31 bits per heavy atom. The van der Waals surface area contributed by atoms with Crippen molar-refractivity contribution in [2.45, 2.75) is 37.8 Å². The molecule has 74 valence electrons. The van der Waals surface area contributed by atoms with E-state index in [1.165, 1.54) is 0 Å². The first-order chi connectivity index (χ1) is 6.07. The van der Waals surface area contributed by atoms with E-state index in [1.807, 2.05) is 0 Å². The highest BCUT2D eigenvalue weighted by atomic mass is 16.3. The summed E-state index contributed by atoms with van der Waals surface area (Å²) in [7, 11) is 0. The number of aliphatic hydroxyl groups is 1. The minimum absolute atomic E-state index is 0.0136. The first-order valence-electron chi connectivity index (χ1n) is 4.85. The molecule has 1 saturated carbocycles. The van der Waals surface area contributed by atoms with E-state index in [9.17, 15) is 9.90 Å². The average molecular weight is 184 g/mol. The molecule has 4 nitrogen and oxygen atoms in total. The van der Waals surface area contributed by atoms with Crippen LogP contribution in [0, 0.1) is 0 Å². The van der Waals surface area contributed by atoms with Crippen LogP contribution in [0.25, 0.3) is 0 Å². The maximum Gasteiger partial charge on any atom is 0.317 e. The van der Waals surface area contributed by atoms with Gasteiger partial charge in [-0.25, -0.2) is 4.79 Å². The summed E-state index contributed by atoms with van der Waals surface area (Å²) in [4.78, 5) is 13.2. The average Bonchev–Trinajstić information content (AvgIpc) is 2.75. The molecule has 0 spiro atoms. The smallest absolute Gasteiger partial charge is 0.317 e. The molecule has 2 N–H and O–H groups in total. The molecular formula is C9H16N2O2. The van der Waals surface area contributed by atoms with Gasteiger partial charge < -0.3 is 15.3 Å². The number of amides is 2. The van der Waals surface area contributed by atoms with Crippen LogP contribution in [0.1, 0.15) is 26.2 Å². The molecule has 0 aromatic carbocycles. The Balaban J connectivity index is 1.83. The van der Waals surface area contributed by atoms with Crippen molar-refractivity contribution in [1.82, 2.24) is 10.2 Å². The van der Waals surface area contributed by atoms with Gasteiger partial charge in [-0.1, -0.05) is 0 Å². The molecule has 2 amide bonds. The molecule has 2 aliphatic rings. The highest BCUT2D eigenvalue weighted by Crippen LogP contribution is 2.22. The Hall–Kier alpha value is -0.770. The SMILES string of the molecule is CC1(O)CCN(C(=O)NC2CC2)C1. The van der Waals surface area contributed by atoms with Crippen LogP contribution >= 0.6 is 0 Å². The number of carbonyl (C=O) groups excluding carboxylic acids is 1. The molecule has 0 aromatic rings. The predicted octanol–water partition coefficient (Wildman–Crippen LogP) is 0.315. The van der Waals surface area contributed by atoms with E-state index >= 15 is 0 Å². The van der Waals surface area contributed by atoms with Crippen LogP contribution in [0.3, 0.4) is 0 Å². The van der Waals surface area contributed by atoms with Crippen molar-refractivity contribution < 1.29 is 9.90 Å². The molecule has 1 unspecified atom stereocenters. The van der Waals surface area contributed by atoms with Gasteiger partial charge in [-0.15, -0.1) is 0 Å². The molecule has 0 radical (unpaired) electrons. The summed E-state index contributed by atoms with van der Waals surface area (Å²) in [5.74, 6) is 0. The van der Waals surface area contributed by atoms with Gasteiger partial charge in [0.15, 0.2) is 0 Å². The number of rotatable bonds is 1. The summed E-state index contributed by atoms with van der Waals surface area (Å²) in [6, 6.07) is 0.387. The number of urea groups is 1. The summed E-state index contributed by atoms with van der Waals surface area (Å²) in [6.07, 6.45) is 2.90. The molecule has 0 aromatic heterocycles. The minimum atomic E-state index is -0.680. The van der Waals surface area contributed by atoms with Crippen LogP contribution in [-0.4, -0.2) is 40.8 Å². The number of carbonyl (C=O) groups is 1. The van der Waals surface area contributed by atoms with Crippen LogP contribution in [0.15, 0.2) is 0 Å². The maximum absolute atomic E-state index is 11.5.